The summed E-state index contributed by atoms with van der Waals surface area (Å²) >= 11 is 0. The zero-order valence-electron chi connectivity index (χ0n) is 8.82. The Balaban J connectivity index is 0.000000255. The molecule has 1 aliphatic rings. The molecule has 1 saturated heterocycles. The highest BCUT2D eigenvalue weighted by Crippen LogP contribution is 1.96. The van der Waals surface area contributed by atoms with Crippen molar-refractivity contribution in [1.82, 2.24) is 5.32 Å². The van der Waals surface area contributed by atoms with Gasteiger partial charge in [-0.1, -0.05) is 0 Å². The number of nitrogens with zero attached hydrogens (tertiary/aromatic N) is 1. The lowest BCUT2D eigenvalue weighted by molar-refractivity contribution is -0.891. The van der Waals surface area contributed by atoms with Gasteiger partial charge in [0, 0.05) is 13.1 Å². The van der Waals surface area contributed by atoms with Crippen molar-refractivity contribution in [3.05, 3.63) is 0 Å². The lowest BCUT2D eigenvalue weighted by atomic mass is 10.3. The van der Waals surface area contributed by atoms with E-state index in [1.54, 1.807) is 0 Å². The van der Waals surface area contributed by atoms with Crippen molar-refractivity contribution in [1.29, 1.82) is 0 Å². The molecule has 1 N–H and O–H groups in total. The summed E-state index contributed by atoms with van der Waals surface area (Å²) in [4.78, 5) is 0. The van der Waals surface area contributed by atoms with Crippen LogP contribution in [0.2, 0.25) is 0 Å². The van der Waals surface area contributed by atoms with Gasteiger partial charge in [-0.3, -0.25) is 4.18 Å². The van der Waals surface area contributed by atoms with Crippen LogP contribution in [0.1, 0.15) is 0 Å². The average molecular weight is 226 g/mol. The summed E-state index contributed by atoms with van der Waals surface area (Å²) in [7, 11) is 0.953. The number of rotatable bonds is 1. The van der Waals surface area contributed by atoms with Gasteiger partial charge >= 0.3 is 0 Å². The molecule has 7 heteroatoms. The van der Waals surface area contributed by atoms with Gasteiger partial charge in [0.05, 0.1) is 34.3 Å². The van der Waals surface area contributed by atoms with Gasteiger partial charge < -0.3 is 14.4 Å². The third-order valence-corrected chi connectivity index (χ3v) is 2.40. The van der Waals surface area contributed by atoms with Crippen molar-refractivity contribution in [2.24, 2.45) is 0 Å². The topological polar surface area (TPSA) is 78.5 Å². The molecule has 0 unspecified atom stereocenters. The molecule has 1 heterocycles. The molecule has 0 aromatic rings. The number of piperazine rings is 1. The highest BCUT2D eigenvalue weighted by atomic mass is 32.3. The summed E-state index contributed by atoms with van der Waals surface area (Å²) in [6, 6.07) is 0. The number of nitrogens with one attached hydrogen (secondary N) is 1. The highest BCUT2D eigenvalue weighted by molar-refractivity contribution is 7.80. The Bertz CT molecular complexity index is 242. The standard InChI is InChI=1S/C6H15N2.CH4O4S/c1-8(2)5-3-7-4-6-8;1-5-6(2,3)4/h7H,3-6H2,1-2H3;1H3,(H,2,3,4)/q+1;/p-1. The molecule has 14 heavy (non-hydrogen) atoms. The fourth-order valence-electron chi connectivity index (χ4n) is 1.00. The average Bonchev–Trinajstić information content (AvgIpc) is 2.04. The van der Waals surface area contributed by atoms with Crippen LogP contribution in [0.3, 0.4) is 0 Å². The molecule has 1 fully saturated rings. The number of quaternary nitrogens is 1. The molecule has 0 aromatic heterocycles. The second-order valence-electron chi connectivity index (χ2n) is 3.71. The second kappa shape index (κ2) is 5.62. The van der Waals surface area contributed by atoms with Crippen LogP contribution in [0.15, 0.2) is 0 Å². The first kappa shape index (κ1) is 13.8. The minimum Gasteiger partial charge on any atom is -0.726 e. The van der Waals surface area contributed by atoms with Crippen LogP contribution in [-0.2, 0) is 14.6 Å². The molecule has 0 atom stereocenters. The number of likely N-dealkylation sites (N-methyl/N-ethyl adjacent to an activating group) is 1. The molecule has 1 rings (SSSR count). The molecule has 0 aromatic carbocycles. The zero-order valence-corrected chi connectivity index (χ0v) is 9.63. The second-order valence-corrected chi connectivity index (χ2v) is 4.86. The molecule has 86 valence electrons. The van der Waals surface area contributed by atoms with E-state index < -0.39 is 10.4 Å². The van der Waals surface area contributed by atoms with E-state index in [0.29, 0.717) is 0 Å². The summed E-state index contributed by atoms with van der Waals surface area (Å²) < 4.78 is 32.2. The van der Waals surface area contributed by atoms with E-state index in [2.05, 4.69) is 23.6 Å². The maximum atomic E-state index is 9.22. The van der Waals surface area contributed by atoms with E-state index in [9.17, 15) is 13.0 Å². The smallest absolute Gasteiger partial charge is 0.217 e. The van der Waals surface area contributed by atoms with Crippen molar-refractivity contribution in [3.63, 3.8) is 0 Å². The van der Waals surface area contributed by atoms with Gasteiger partial charge in [0.2, 0.25) is 10.4 Å². The summed E-state index contributed by atoms with van der Waals surface area (Å²) in [6.07, 6.45) is 0. The van der Waals surface area contributed by atoms with Crippen LogP contribution in [0.4, 0.5) is 0 Å². The molecule has 0 spiro atoms. The molecule has 0 radical (unpaired) electrons. The van der Waals surface area contributed by atoms with Crippen LogP contribution in [0.25, 0.3) is 0 Å². The van der Waals surface area contributed by atoms with Gasteiger partial charge in [-0.15, -0.1) is 0 Å². The third kappa shape index (κ3) is 8.39. The number of hydrogen-bond donors (Lipinski definition) is 1. The van der Waals surface area contributed by atoms with Crippen molar-refractivity contribution < 1.29 is 21.6 Å². The lowest BCUT2D eigenvalue weighted by Gasteiger charge is -2.33. The van der Waals surface area contributed by atoms with Gasteiger partial charge in [0.25, 0.3) is 0 Å². The first-order valence-corrected chi connectivity index (χ1v) is 5.64. The molecule has 0 saturated carbocycles. The first-order chi connectivity index (χ1) is 6.27. The monoisotopic (exact) mass is 226 g/mol. The molecule has 0 aliphatic carbocycles. The van der Waals surface area contributed by atoms with E-state index in [-0.39, 0.29) is 0 Å². The highest BCUT2D eigenvalue weighted by Gasteiger charge is 2.17. The van der Waals surface area contributed by atoms with Crippen LogP contribution >= 0.6 is 0 Å². The van der Waals surface area contributed by atoms with Gasteiger partial charge in [0.15, 0.2) is 0 Å². The Morgan fingerprint density at radius 2 is 1.64 bits per heavy atom. The van der Waals surface area contributed by atoms with Gasteiger partial charge in [-0.2, -0.15) is 0 Å². The fourth-order valence-corrected chi connectivity index (χ4v) is 1.00. The lowest BCUT2D eigenvalue weighted by Crippen LogP contribution is -2.53. The van der Waals surface area contributed by atoms with E-state index in [1.165, 1.54) is 30.7 Å². The third-order valence-electron chi connectivity index (χ3n) is 1.99. The van der Waals surface area contributed by atoms with E-state index in [4.69, 9.17) is 0 Å². The maximum absolute atomic E-state index is 9.22. The Morgan fingerprint density at radius 3 is 1.79 bits per heavy atom. The quantitative estimate of drug-likeness (QED) is 0.344. The summed E-state index contributed by atoms with van der Waals surface area (Å²) in [6.45, 7) is 4.93. The maximum Gasteiger partial charge on any atom is 0.217 e. The SMILES string of the molecule is COS(=O)(=O)[O-].C[N+]1(C)CCNCC1. The zero-order chi connectivity index (χ0) is 11.2. The normalized spacial score (nSPS) is 20.9. The van der Waals surface area contributed by atoms with Crippen molar-refractivity contribution >= 4 is 10.4 Å². The van der Waals surface area contributed by atoms with Crippen LogP contribution < -0.4 is 5.32 Å². The van der Waals surface area contributed by atoms with Crippen molar-refractivity contribution in [2.45, 2.75) is 0 Å². The van der Waals surface area contributed by atoms with Crippen LogP contribution in [0, 0.1) is 0 Å². The minimum atomic E-state index is -4.41. The first-order valence-electron chi connectivity index (χ1n) is 4.31. The van der Waals surface area contributed by atoms with E-state index in [1.807, 2.05) is 0 Å². The van der Waals surface area contributed by atoms with Crippen LogP contribution in [0.5, 0.6) is 0 Å². The Labute approximate surface area is 85.4 Å². The van der Waals surface area contributed by atoms with Crippen molar-refractivity contribution in [2.75, 3.05) is 47.4 Å². The van der Waals surface area contributed by atoms with Gasteiger partial charge in [-0.25, -0.2) is 8.42 Å². The summed E-state index contributed by atoms with van der Waals surface area (Å²) in [5.41, 5.74) is 0. The van der Waals surface area contributed by atoms with Crippen molar-refractivity contribution in [3.8, 4) is 0 Å². The van der Waals surface area contributed by atoms with E-state index in [0.717, 1.165) is 7.11 Å². The van der Waals surface area contributed by atoms with Gasteiger partial charge in [0.1, 0.15) is 0 Å². The Morgan fingerprint density at radius 1 is 1.29 bits per heavy atom. The van der Waals surface area contributed by atoms with Gasteiger partial charge in [-0.05, 0) is 0 Å². The summed E-state index contributed by atoms with van der Waals surface area (Å²) in [5.74, 6) is 0. The summed E-state index contributed by atoms with van der Waals surface area (Å²) in [5, 5.41) is 3.32. The molecule has 6 nitrogen and oxygen atoms in total. The Kier molecular flexibility index (Phi) is 5.53. The molecule has 0 amide bonds. The predicted octanol–water partition coefficient (Wildman–Crippen LogP) is -1.24. The van der Waals surface area contributed by atoms with E-state index >= 15 is 0 Å². The fraction of sp³-hybridized carbons (Fsp3) is 1.00. The predicted molar refractivity (Wildman–Crippen MR) is 51.4 cm³/mol. The van der Waals surface area contributed by atoms with Crippen LogP contribution in [-0.4, -0.2) is 64.8 Å². The number of hydrogen-bond acceptors (Lipinski definition) is 5. The largest absolute Gasteiger partial charge is 0.726 e. The molecule has 0 bridgehead atoms. The molecular weight excluding hydrogens is 208 g/mol. The Hall–Kier alpha value is -0.210. The molecule has 1 aliphatic heterocycles. The minimum absolute atomic E-state index is 0.808. The molecular formula is C7H18N2O4S.